The second-order valence-electron chi connectivity index (χ2n) is 14.1. The Bertz CT molecular complexity index is 1790. The number of pyridine rings is 2. The van der Waals surface area contributed by atoms with Crippen molar-refractivity contribution in [2.45, 2.75) is 64.9 Å². The Hall–Kier alpha value is -4.01. The van der Waals surface area contributed by atoms with E-state index in [4.69, 9.17) is 0 Å². The number of hydrogen-bond donors (Lipinski definition) is 2. The van der Waals surface area contributed by atoms with Crippen LogP contribution >= 0.6 is 0 Å². The molecule has 2 aromatic heterocycles. The van der Waals surface area contributed by atoms with Crippen LogP contribution in [0.3, 0.4) is 0 Å². The minimum atomic E-state index is -0.226. The number of hydrogen-bond acceptors (Lipinski definition) is 6. The minimum Gasteiger partial charge on any atom is -0.392 e. The molecule has 7 rings (SSSR count). The van der Waals surface area contributed by atoms with Gasteiger partial charge >= 0.3 is 0 Å². The molecule has 45 heavy (non-hydrogen) atoms. The fourth-order valence-electron chi connectivity index (χ4n) is 7.98. The Morgan fingerprint density at radius 2 is 1.80 bits per heavy atom. The molecule has 1 saturated heterocycles. The van der Waals surface area contributed by atoms with Crippen LogP contribution < -0.4 is 15.8 Å². The smallest absolute Gasteiger partial charge is 0.274 e. The quantitative estimate of drug-likeness (QED) is 0.356. The molecule has 0 spiro atoms. The summed E-state index contributed by atoms with van der Waals surface area (Å²) in [5.74, 6) is 1.17. The van der Waals surface area contributed by atoms with Gasteiger partial charge in [-0.25, -0.2) is 4.98 Å². The van der Waals surface area contributed by atoms with Gasteiger partial charge in [0.2, 0.25) is 0 Å². The molecule has 2 aliphatic carbocycles. The van der Waals surface area contributed by atoms with Gasteiger partial charge in [-0.15, -0.1) is 0 Å². The van der Waals surface area contributed by atoms with Gasteiger partial charge in [0, 0.05) is 42.7 Å². The Kier molecular flexibility index (Phi) is 7.53. The third-order valence-corrected chi connectivity index (χ3v) is 10.3. The van der Waals surface area contributed by atoms with Crippen molar-refractivity contribution in [2.75, 3.05) is 36.9 Å². The minimum absolute atomic E-state index is 0.0490. The number of carbonyl (C=O) groups is 1. The van der Waals surface area contributed by atoms with Crippen LogP contribution in [0.5, 0.6) is 0 Å². The van der Waals surface area contributed by atoms with Gasteiger partial charge < -0.3 is 24.8 Å². The van der Waals surface area contributed by atoms with E-state index >= 15 is 0 Å². The summed E-state index contributed by atoms with van der Waals surface area (Å²) >= 11 is 0. The van der Waals surface area contributed by atoms with E-state index in [2.05, 4.69) is 42.2 Å². The summed E-state index contributed by atoms with van der Waals surface area (Å²) in [6.45, 7) is 7.16. The molecule has 0 unspecified atom stereocenters. The number of aryl methyl sites for hydroxylation is 1. The molecule has 2 N–H and O–H groups in total. The number of allylic oxidation sites excluding steroid dienone is 2. The van der Waals surface area contributed by atoms with Crippen molar-refractivity contribution in [1.29, 1.82) is 0 Å². The third-order valence-electron chi connectivity index (χ3n) is 10.3. The van der Waals surface area contributed by atoms with Gasteiger partial charge in [-0.1, -0.05) is 37.6 Å². The summed E-state index contributed by atoms with van der Waals surface area (Å²) < 4.78 is 1.55. The largest absolute Gasteiger partial charge is 0.392 e. The molecule has 1 fully saturated rings. The molecule has 1 aromatic carbocycles. The van der Waals surface area contributed by atoms with E-state index in [1.807, 2.05) is 41.4 Å². The topological polar surface area (TPSA) is 90.7 Å². The van der Waals surface area contributed by atoms with Crippen molar-refractivity contribution in [1.82, 2.24) is 14.5 Å². The number of likely N-dealkylation sites (tertiary alicyclic amines) is 1. The Balaban J connectivity index is 1.16. The van der Waals surface area contributed by atoms with Crippen molar-refractivity contribution in [3.63, 3.8) is 0 Å². The maximum absolute atomic E-state index is 13.9. The van der Waals surface area contributed by atoms with E-state index in [-0.39, 0.29) is 23.5 Å². The van der Waals surface area contributed by atoms with Crippen LogP contribution in [0.4, 0.5) is 17.2 Å². The molecular weight excluding hydrogens is 562 g/mol. The molecule has 0 bridgehead atoms. The lowest BCUT2D eigenvalue weighted by atomic mass is 9.84. The van der Waals surface area contributed by atoms with Gasteiger partial charge in [0.15, 0.2) is 0 Å². The maximum atomic E-state index is 13.9. The molecule has 8 nitrogen and oxygen atoms in total. The van der Waals surface area contributed by atoms with Crippen LogP contribution in [0.1, 0.15) is 69.4 Å². The highest BCUT2D eigenvalue weighted by molar-refractivity contribution is 6.09. The molecule has 3 aromatic rings. The van der Waals surface area contributed by atoms with Gasteiger partial charge in [-0.05, 0) is 110 Å². The van der Waals surface area contributed by atoms with Gasteiger partial charge in [0.1, 0.15) is 11.5 Å². The van der Waals surface area contributed by atoms with Crippen molar-refractivity contribution >= 4 is 23.1 Å². The first-order valence-electron chi connectivity index (χ1n) is 16.2. The molecule has 0 atom stereocenters. The van der Waals surface area contributed by atoms with Crippen LogP contribution in [-0.2, 0) is 18.4 Å². The number of aliphatic hydroxyl groups excluding tert-OH is 1. The van der Waals surface area contributed by atoms with E-state index in [1.54, 1.807) is 17.8 Å². The number of anilines is 3. The van der Waals surface area contributed by atoms with E-state index in [0.29, 0.717) is 29.5 Å². The van der Waals surface area contributed by atoms with E-state index in [1.165, 1.54) is 22.3 Å². The number of aliphatic hydroxyl groups is 1. The predicted octanol–water partition coefficient (Wildman–Crippen LogP) is 6.05. The summed E-state index contributed by atoms with van der Waals surface area (Å²) in [7, 11) is 3.89. The summed E-state index contributed by atoms with van der Waals surface area (Å²) in [5.41, 5.74) is 9.78. The number of fused-ring (bicyclic) bond motifs is 1. The number of carbonyl (C=O) groups excluding carboxylic acids is 1. The zero-order valence-electron chi connectivity index (χ0n) is 26.8. The Labute approximate surface area is 265 Å². The number of nitrogens with one attached hydrogen (secondary N) is 1. The van der Waals surface area contributed by atoms with Gasteiger partial charge in [-0.3, -0.25) is 9.59 Å². The van der Waals surface area contributed by atoms with E-state index in [0.717, 1.165) is 74.0 Å². The van der Waals surface area contributed by atoms with Crippen LogP contribution in [0, 0.1) is 5.41 Å². The molecule has 1 amide bonds. The van der Waals surface area contributed by atoms with Crippen molar-refractivity contribution in [2.24, 2.45) is 12.5 Å². The van der Waals surface area contributed by atoms with Crippen LogP contribution in [0.2, 0.25) is 0 Å². The second-order valence-corrected chi connectivity index (χ2v) is 14.1. The van der Waals surface area contributed by atoms with Crippen molar-refractivity contribution in [3.05, 3.63) is 92.6 Å². The standard InChI is InChI=1S/C37H43N5O3/c1-37(2)18-25-16-29-28(30(25)19-37)12-15-42(35(29)44)33-7-5-6-27(31(33)22-43)26-17-32(36(45)41(4)21-26)39-34-9-8-24(20-38-34)23-10-13-40(3)14-11-23/h5-9,17,20-21,23,43H,10-16,18-19,22H2,1-4H3,(H,38,39). The number of nitrogens with zero attached hydrogens (tertiary/aromatic N) is 4. The lowest BCUT2D eigenvalue weighted by Gasteiger charge is -2.32. The van der Waals surface area contributed by atoms with E-state index < -0.39 is 0 Å². The number of amides is 1. The van der Waals surface area contributed by atoms with Crippen LogP contribution in [-0.4, -0.2) is 52.1 Å². The van der Waals surface area contributed by atoms with Crippen molar-refractivity contribution in [3.8, 4) is 11.1 Å². The molecule has 4 aliphatic rings. The molecule has 2 aliphatic heterocycles. The highest BCUT2D eigenvalue weighted by Crippen LogP contribution is 2.53. The van der Waals surface area contributed by atoms with Gasteiger partial charge in [-0.2, -0.15) is 0 Å². The van der Waals surface area contributed by atoms with Gasteiger partial charge in [0.25, 0.3) is 11.5 Å². The fraction of sp³-hybridized carbons (Fsp3) is 0.432. The fourth-order valence-corrected chi connectivity index (χ4v) is 7.98. The summed E-state index contributed by atoms with van der Waals surface area (Å²) in [6, 6.07) is 11.7. The van der Waals surface area contributed by atoms with E-state index in [9.17, 15) is 14.7 Å². The highest BCUT2D eigenvalue weighted by Gasteiger charge is 2.41. The lowest BCUT2D eigenvalue weighted by molar-refractivity contribution is -0.115. The average Bonchev–Trinajstić information content (AvgIpc) is 3.52. The zero-order valence-corrected chi connectivity index (χ0v) is 26.8. The number of piperidine rings is 1. The molecule has 0 radical (unpaired) electrons. The normalized spacial score (nSPS) is 20.2. The molecule has 0 saturated carbocycles. The number of benzene rings is 1. The maximum Gasteiger partial charge on any atom is 0.274 e. The highest BCUT2D eigenvalue weighted by atomic mass is 16.3. The molecular formula is C37H43N5O3. The zero-order chi connectivity index (χ0) is 31.5. The molecule has 234 valence electrons. The summed E-state index contributed by atoms with van der Waals surface area (Å²) in [6.07, 6.45) is 9.65. The van der Waals surface area contributed by atoms with Crippen LogP contribution in [0.15, 0.2) is 75.9 Å². The first-order valence-corrected chi connectivity index (χ1v) is 16.2. The number of aromatic nitrogens is 2. The SMILES string of the molecule is CN1CCC(c2ccc(Nc3cc(-c4cccc(N5CCC6=C(CC7=C6CC(C)(C)C7)C5=O)c4CO)cn(C)c3=O)nc2)CC1. The first kappa shape index (κ1) is 29.7. The summed E-state index contributed by atoms with van der Waals surface area (Å²) in [4.78, 5) is 36.0. The predicted molar refractivity (Wildman–Crippen MR) is 179 cm³/mol. The van der Waals surface area contributed by atoms with Crippen LogP contribution in [0.25, 0.3) is 11.1 Å². The first-order chi connectivity index (χ1) is 21.6. The third kappa shape index (κ3) is 5.44. The second kappa shape index (κ2) is 11.4. The number of rotatable bonds is 6. The summed E-state index contributed by atoms with van der Waals surface area (Å²) in [5, 5.41) is 13.9. The monoisotopic (exact) mass is 605 g/mol. The molecule has 8 heteroatoms. The van der Waals surface area contributed by atoms with Crippen molar-refractivity contribution < 1.29 is 9.90 Å². The lowest BCUT2D eigenvalue weighted by Crippen LogP contribution is -2.37. The van der Waals surface area contributed by atoms with Gasteiger partial charge in [0.05, 0.1) is 12.3 Å². The Morgan fingerprint density at radius 1 is 1.00 bits per heavy atom. The Morgan fingerprint density at radius 3 is 2.53 bits per heavy atom. The average molecular weight is 606 g/mol. The molecule has 4 heterocycles.